The Hall–Kier alpha value is -5.41. The molecule has 0 saturated carbocycles. The van der Waals surface area contributed by atoms with Gasteiger partial charge >= 0.3 is 12.1 Å². The number of rotatable bonds is 10. The molecule has 9 heteroatoms. The van der Waals surface area contributed by atoms with Crippen molar-refractivity contribution in [1.82, 2.24) is 5.32 Å². The van der Waals surface area contributed by atoms with Crippen LogP contribution in [0.4, 0.5) is 4.79 Å². The number of ether oxygens (including phenoxy) is 2. The van der Waals surface area contributed by atoms with Crippen LogP contribution in [-0.4, -0.2) is 38.2 Å². The predicted octanol–water partition coefficient (Wildman–Crippen LogP) is 6.73. The molecular weight excluding hydrogens is 614 g/mol. The third-order valence-electron chi connectivity index (χ3n) is 8.24. The third kappa shape index (κ3) is 6.90. The summed E-state index contributed by atoms with van der Waals surface area (Å²) in [7, 11) is -4.10. The molecule has 0 spiro atoms. The number of nitrogens with one attached hydrogen (secondary N) is 1. The number of phenolic OH excluding ortho intramolecular Hbond substituents is 1. The van der Waals surface area contributed by atoms with Crippen LogP contribution in [0.5, 0.6) is 5.75 Å². The highest BCUT2D eigenvalue weighted by Crippen LogP contribution is 2.44. The van der Waals surface area contributed by atoms with Crippen molar-refractivity contribution in [3.63, 3.8) is 0 Å². The maximum absolute atomic E-state index is 13.7. The Morgan fingerprint density at radius 3 is 2.06 bits per heavy atom. The fourth-order valence-corrected chi connectivity index (χ4v) is 7.35. The van der Waals surface area contributed by atoms with Crippen molar-refractivity contribution in [3.8, 4) is 16.9 Å². The van der Waals surface area contributed by atoms with Crippen LogP contribution < -0.4 is 5.32 Å². The molecule has 6 rings (SSSR count). The summed E-state index contributed by atoms with van der Waals surface area (Å²) in [6.07, 6.45) is -1.09. The SMILES string of the molecule is Cc1ccc(S(=O)(=O)c2cc(O)ccc2C[C@H](NC(=O)OCC2c3ccccc3-c3ccccc32)C(=O)OCc2ccccc2)cc1. The van der Waals surface area contributed by atoms with E-state index in [0.717, 1.165) is 39.4 Å². The van der Waals surface area contributed by atoms with Crippen LogP contribution >= 0.6 is 0 Å². The Morgan fingerprint density at radius 1 is 0.787 bits per heavy atom. The molecule has 1 aliphatic rings. The lowest BCUT2D eigenvalue weighted by Gasteiger charge is -2.21. The van der Waals surface area contributed by atoms with Crippen LogP contribution in [0.15, 0.2) is 131 Å². The molecule has 8 nitrogen and oxygen atoms in total. The van der Waals surface area contributed by atoms with Crippen LogP contribution in [0.3, 0.4) is 0 Å². The molecule has 0 aliphatic heterocycles. The number of carbonyl (C=O) groups excluding carboxylic acids is 2. The van der Waals surface area contributed by atoms with Crippen molar-refractivity contribution in [2.75, 3.05) is 6.61 Å². The highest BCUT2D eigenvalue weighted by atomic mass is 32.2. The molecule has 0 unspecified atom stereocenters. The monoisotopic (exact) mass is 647 g/mol. The molecule has 1 aliphatic carbocycles. The van der Waals surface area contributed by atoms with Crippen molar-refractivity contribution in [2.45, 2.75) is 41.7 Å². The van der Waals surface area contributed by atoms with Gasteiger partial charge in [-0.15, -0.1) is 0 Å². The van der Waals surface area contributed by atoms with Gasteiger partial charge in [0.2, 0.25) is 9.84 Å². The molecule has 0 saturated heterocycles. The van der Waals surface area contributed by atoms with Crippen LogP contribution in [0.25, 0.3) is 11.1 Å². The van der Waals surface area contributed by atoms with E-state index in [0.29, 0.717) is 0 Å². The summed E-state index contributed by atoms with van der Waals surface area (Å²) in [6, 6.07) is 33.9. The summed E-state index contributed by atoms with van der Waals surface area (Å²) in [5.41, 5.74) is 6.07. The van der Waals surface area contributed by atoms with Gasteiger partial charge in [0.1, 0.15) is 25.0 Å². The average molecular weight is 648 g/mol. The molecule has 1 amide bonds. The number of hydrogen-bond donors (Lipinski definition) is 2. The molecule has 5 aromatic rings. The highest BCUT2D eigenvalue weighted by Gasteiger charge is 2.31. The number of carbonyl (C=O) groups is 2. The smallest absolute Gasteiger partial charge is 0.407 e. The second kappa shape index (κ2) is 13.5. The topological polar surface area (TPSA) is 119 Å². The number of fused-ring (bicyclic) bond motifs is 3. The highest BCUT2D eigenvalue weighted by molar-refractivity contribution is 7.91. The normalized spacial score (nSPS) is 12.9. The lowest BCUT2D eigenvalue weighted by molar-refractivity contribution is -0.147. The van der Waals surface area contributed by atoms with E-state index in [2.05, 4.69) is 5.32 Å². The zero-order chi connectivity index (χ0) is 33.0. The number of amides is 1. The largest absolute Gasteiger partial charge is 0.508 e. The summed E-state index contributed by atoms with van der Waals surface area (Å²) in [4.78, 5) is 26.6. The van der Waals surface area contributed by atoms with E-state index in [1.54, 1.807) is 24.3 Å². The van der Waals surface area contributed by atoms with Gasteiger partial charge in [-0.05, 0) is 64.6 Å². The Kier molecular flexibility index (Phi) is 9.08. The standard InChI is InChI=1S/C38H33NO7S/c1-25-15-19-29(20-16-25)47(43,44)36-22-28(40)18-17-27(36)21-35(37(41)45-23-26-9-3-2-4-10-26)39-38(42)46-24-34-32-13-7-5-11-30(32)31-12-6-8-14-33(31)34/h2-20,22,34-35,40H,21,23-24H2,1H3,(H,39,42)/t35-/m0/s1. The molecule has 238 valence electrons. The van der Waals surface area contributed by atoms with Gasteiger partial charge in [-0.25, -0.2) is 18.0 Å². The van der Waals surface area contributed by atoms with E-state index < -0.39 is 27.9 Å². The molecule has 0 aromatic heterocycles. The lowest BCUT2D eigenvalue weighted by Crippen LogP contribution is -2.44. The van der Waals surface area contributed by atoms with Crippen molar-refractivity contribution >= 4 is 21.9 Å². The Balaban J connectivity index is 1.25. The van der Waals surface area contributed by atoms with E-state index >= 15 is 0 Å². The number of benzene rings is 5. The third-order valence-corrected chi connectivity index (χ3v) is 10.1. The Bertz CT molecular complexity index is 1980. The Labute approximate surface area is 273 Å². The summed E-state index contributed by atoms with van der Waals surface area (Å²) < 4.78 is 38.7. The molecule has 0 heterocycles. The van der Waals surface area contributed by atoms with E-state index in [-0.39, 0.29) is 46.7 Å². The second-order valence-electron chi connectivity index (χ2n) is 11.4. The van der Waals surface area contributed by atoms with Crippen molar-refractivity contribution in [1.29, 1.82) is 0 Å². The van der Waals surface area contributed by atoms with Crippen LogP contribution in [0, 0.1) is 6.92 Å². The molecule has 0 bridgehead atoms. The first kappa shape index (κ1) is 31.6. The quantitative estimate of drug-likeness (QED) is 0.162. The van der Waals surface area contributed by atoms with Gasteiger partial charge in [-0.3, -0.25) is 0 Å². The number of alkyl carbamates (subject to hydrolysis) is 1. The number of hydrogen-bond acceptors (Lipinski definition) is 7. The number of phenols is 1. The van der Waals surface area contributed by atoms with Gasteiger partial charge in [0.25, 0.3) is 0 Å². The first-order chi connectivity index (χ1) is 22.7. The van der Waals surface area contributed by atoms with Gasteiger partial charge < -0.3 is 19.9 Å². The van der Waals surface area contributed by atoms with E-state index in [1.807, 2.05) is 73.7 Å². The predicted molar refractivity (Wildman–Crippen MR) is 177 cm³/mol. The van der Waals surface area contributed by atoms with Gasteiger partial charge in [0, 0.05) is 12.3 Å². The summed E-state index contributed by atoms with van der Waals surface area (Å²) in [5.74, 6) is -1.22. The van der Waals surface area contributed by atoms with E-state index in [1.165, 1.54) is 24.3 Å². The minimum Gasteiger partial charge on any atom is -0.508 e. The zero-order valence-electron chi connectivity index (χ0n) is 25.6. The minimum atomic E-state index is -4.10. The number of aryl methyl sites for hydroxylation is 1. The maximum atomic E-state index is 13.7. The Morgan fingerprint density at radius 2 is 1.40 bits per heavy atom. The number of sulfone groups is 1. The number of aromatic hydroxyl groups is 1. The maximum Gasteiger partial charge on any atom is 0.407 e. The second-order valence-corrected chi connectivity index (χ2v) is 13.3. The fourth-order valence-electron chi connectivity index (χ4n) is 5.83. The molecule has 0 radical (unpaired) electrons. The molecule has 2 N–H and O–H groups in total. The molecule has 1 atom stereocenters. The number of esters is 1. The van der Waals surface area contributed by atoms with Gasteiger partial charge in [0.05, 0.1) is 9.79 Å². The van der Waals surface area contributed by atoms with Crippen LogP contribution in [-0.2, 0) is 37.1 Å². The van der Waals surface area contributed by atoms with Crippen LogP contribution in [0.1, 0.15) is 33.7 Å². The lowest BCUT2D eigenvalue weighted by atomic mass is 9.98. The first-order valence-corrected chi connectivity index (χ1v) is 16.6. The van der Waals surface area contributed by atoms with Crippen molar-refractivity contribution in [3.05, 3.63) is 149 Å². The summed E-state index contributed by atoms with van der Waals surface area (Å²) in [5, 5.41) is 12.9. The molecule has 0 fully saturated rings. The fraction of sp³-hybridized carbons (Fsp3) is 0.158. The summed E-state index contributed by atoms with van der Waals surface area (Å²) >= 11 is 0. The first-order valence-electron chi connectivity index (χ1n) is 15.2. The molecular formula is C38H33NO7S. The molecule has 47 heavy (non-hydrogen) atoms. The zero-order valence-corrected chi connectivity index (χ0v) is 26.4. The van der Waals surface area contributed by atoms with Crippen LogP contribution in [0.2, 0.25) is 0 Å². The minimum absolute atomic E-state index is 0.0257. The van der Waals surface area contributed by atoms with E-state index in [4.69, 9.17) is 9.47 Å². The van der Waals surface area contributed by atoms with Gasteiger partial charge in [0.15, 0.2) is 0 Å². The van der Waals surface area contributed by atoms with Gasteiger partial charge in [-0.1, -0.05) is 103 Å². The van der Waals surface area contributed by atoms with Gasteiger partial charge in [-0.2, -0.15) is 0 Å². The van der Waals surface area contributed by atoms with Crippen molar-refractivity contribution < 1.29 is 32.6 Å². The van der Waals surface area contributed by atoms with E-state index in [9.17, 15) is 23.1 Å². The van der Waals surface area contributed by atoms with Crippen molar-refractivity contribution in [2.24, 2.45) is 0 Å². The average Bonchev–Trinajstić information content (AvgIpc) is 3.40. The summed E-state index contributed by atoms with van der Waals surface area (Å²) in [6.45, 7) is 1.82. The molecule has 5 aromatic carbocycles.